The zero-order chi connectivity index (χ0) is 11.6. The summed E-state index contributed by atoms with van der Waals surface area (Å²) in [6.45, 7) is 7.45. The van der Waals surface area contributed by atoms with E-state index >= 15 is 0 Å². The van der Waals surface area contributed by atoms with Gasteiger partial charge in [-0.3, -0.25) is 0 Å². The number of thiophene rings is 1. The van der Waals surface area contributed by atoms with E-state index in [1.807, 2.05) is 33.8 Å². The van der Waals surface area contributed by atoms with Crippen LogP contribution in [0.2, 0.25) is 0 Å². The molecule has 1 atom stereocenters. The Hall–Kier alpha value is -0.580. The van der Waals surface area contributed by atoms with Gasteiger partial charge in [0.1, 0.15) is 10.5 Å². The van der Waals surface area contributed by atoms with E-state index in [1.165, 1.54) is 11.3 Å². The highest BCUT2D eigenvalue weighted by Crippen LogP contribution is 2.23. The Morgan fingerprint density at radius 1 is 1.44 bits per heavy atom. The highest BCUT2D eigenvalue weighted by atomic mass is 35.5. The quantitative estimate of drug-likeness (QED) is 0.834. The Kier molecular flexibility index (Phi) is 5.46. The summed E-state index contributed by atoms with van der Waals surface area (Å²) >= 11 is 1.39. The van der Waals surface area contributed by atoms with Crippen LogP contribution in [0.15, 0.2) is 12.1 Å². The van der Waals surface area contributed by atoms with E-state index < -0.39 is 5.60 Å². The van der Waals surface area contributed by atoms with Gasteiger partial charge in [-0.1, -0.05) is 0 Å². The third kappa shape index (κ3) is 4.51. The lowest BCUT2D eigenvalue weighted by atomic mass is 10.2. The van der Waals surface area contributed by atoms with Gasteiger partial charge in [0.2, 0.25) is 0 Å². The van der Waals surface area contributed by atoms with Gasteiger partial charge in [0.25, 0.3) is 0 Å². The largest absolute Gasteiger partial charge is 0.456 e. The Morgan fingerprint density at radius 3 is 2.38 bits per heavy atom. The normalized spacial score (nSPS) is 12.8. The first-order valence-electron chi connectivity index (χ1n) is 4.88. The molecule has 1 aromatic rings. The maximum atomic E-state index is 11.6. The average molecular weight is 264 g/mol. The Bertz CT molecular complexity index is 355. The summed E-state index contributed by atoms with van der Waals surface area (Å²) in [5.41, 5.74) is 5.26. The molecule has 1 aromatic heterocycles. The number of halogens is 1. The number of carbonyl (C=O) groups is 1. The monoisotopic (exact) mass is 263 g/mol. The Balaban J connectivity index is 0.00000225. The van der Waals surface area contributed by atoms with Crippen molar-refractivity contribution in [3.63, 3.8) is 0 Å². The molecule has 0 fully saturated rings. The van der Waals surface area contributed by atoms with Crippen LogP contribution in [0.5, 0.6) is 0 Å². The van der Waals surface area contributed by atoms with Gasteiger partial charge in [-0.15, -0.1) is 23.7 Å². The lowest BCUT2D eigenvalue weighted by molar-refractivity contribution is 0.00752. The predicted octanol–water partition coefficient (Wildman–Crippen LogP) is 3.14. The summed E-state index contributed by atoms with van der Waals surface area (Å²) in [7, 11) is 0. The van der Waals surface area contributed by atoms with Gasteiger partial charge in [0.05, 0.1) is 0 Å². The van der Waals surface area contributed by atoms with Gasteiger partial charge in [-0.05, 0) is 39.8 Å². The van der Waals surface area contributed by atoms with Crippen LogP contribution in [-0.2, 0) is 4.74 Å². The second-order valence-electron chi connectivity index (χ2n) is 4.49. The molecule has 0 saturated heterocycles. The number of ether oxygens (including phenoxy) is 1. The minimum absolute atomic E-state index is 0. The Morgan fingerprint density at radius 2 is 2.00 bits per heavy atom. The lowest BCUT2D eigenvalue weighted by Gasteiger charge is -2.18. The highest BCUT2D eigenvalue weighted by molar-refractivity contribution is 7.14. The van der Waals surface area contributed by atoms with Gasteiger partial charge in [-0.25, -0.2) is 4.79 Å². The van der Waals surface area contributed by atoms with E-state index in [0.29, 0.717) is 4.88 Å². The minimum Gasteiger partial charge on any atom is -0.456 e. The molecule has 0 spiro atoms. The number of carbonyl (C=O) groups excluding carboxylic acids is 1. The number of rotatable bonds is 2. The molecular formula is C11H18ClNO2S. The minimum atomic E-state index is -0.449. The van der Waals surface area contributed by atoms with Crippen molar-refractivity contribution in [2.45, 2.75) is 39.3 Å². The summed E-state index contributed by atoms with van der Waals surface area (Å²) in [6, 6.07) is 3.60. The second-order valence-corrected chi connectivity index (χ2v) is 5.61. The summed E-state index contributed by atoms with van der Waals surface area (Å²) in [5.74, 6) is -0.278. The summed E-state index contributed by atoms with van der Waals surface area (Å²) in [6.07, 6.45) is 0. The molecule has 0 unspecified atom stereocenters. The molecule has 0 aromatic carbocycles. The fourth-order valence-electron chi connectivity index (χ4n) is 1.04. The standard InChI is InChI=1S/C11H17NO2S.ClH/c1-7(12)8-5-6-9(15-8)10(13)14-11(2,3)4;/h5-7H,12H2,1-4H3;1H/t7-;/m1./s1. The molecule has 1 rings (SSSR count). The van der Waals surface area contributed by atoms with Gasteiger partial charge >= 0.3 is 5.97 Å². The fraction of sp³-hybridized carbons (Fsp3) is 0.545. The molecule has 0 aliphatic heterocycles. The van der Waals surface area contributed by atoms with Gasteiger partial charge in [0, 0.05) is 10.9 Å². The van der Waals surface area contributed by atoms with Crippen molar-refractivity contribution < 1.29 is 9.53 Å². The van der Waals surface area contributed by atoms with Crippen LogP contribution in [0.4, 0.5) is 0 Å². The van der Waals surface area contributed by atoms with Gasteiger partial charge < -0.3 is 10.5 Å². The van der Waals surface area contributed by atoms with Crippen molar-refractivity contribution in [3.8, 4) is 0 Å². The van der Waals surface area contributed by atoms with Crippen molar-refractivity contribution >= 4 is 29.7 Å². The van der Waals surface area contributed by atoms with Crippen molar-refractivity contribution in [3.05, 3.63) is 21.9 Å². The fourth-order valence-corrected chi connectivity index (χ4v) is 1.87. The predicted molar refractivity (Wildman–Crippen MR) is 69.3 cm³/mol. The van der Waals surface area contributed by atoms with Crippen LogP contribution < -0.4 is 5.73 Å². The van der Waals surface area contributed by atoms with Crippen LogP contribution >= 0.6 is 23.7 Å². The first-order valence-corrected chi connectivity index (χ1v) is 5.70. The molecule has 5 heteroatoms. The first-order chi connectivity index (χ1) is 6.79. The number of hydrogen-bond acceptors (Lipinski definition) is 4. The van der Waals surface area contributed by atoms with Crippen molar-refractivity contribution in [2.24, 2.45) is 5.73 Å². The highest BCUT2D eigenvalue weighted by Gasteiger charge is 2.19. The maximum Gasteiger partial charge on any atom is 0.348 e. The molecule has 16 heavy (non-hydrogen) atoms. The number of hydrogen-bond donors (Lipinski definition) is 1. The molecule has 1 heterocycles. The van der Waals surface area contributed by atoms with E-state index in [0.717, 1.165) is 4.88 Å². The van der Waals surface area contributed by atoms with E-state index in [9.17, 15) is 4.79 Å². The van der Waals surface area contributed by atoms with E-state index in [-0.39, 0.29) is 24.4 Å². The number of esters is 1. The van der Waals surface area contributed by atoms with Crippen molar-refractivity contribution in [1.29, 1.82) is 0 Å². The zero-order valence-corrected chi connectivity index (χ0v) is 11.6. The zero-order valence-electron chi connectivity index (χ0n) is 9.94. The molecule has 92 valence electrons. The van der Waals surface area contributed by atoms with E-state index in [4.69, 9.17) is 10.5 Å². The van der Waals surface area contributed by atoms with E-state index in [2.05, 4.69) is 0 Å². The average Bonchev–Trinajstić information content (AvgIpc) is 2.47. The third-order valence-electron chi connectivity index (χ3n) is 1.68. The van der Waals surface area contributed by atoms with Crippen LogP contribution in [0.25, 0.3) is 0 Å². The summed E-state index contributed by atoms with van der Waals surface area (Å²) < 4.78 is 5.25. The molecule has 0 saturated carbocycles. The SMILES string of the molecule is C[C@@H](N)c1ccc(C(=O)OC(C)(C)C)s1.Cl. The molecular weight excluding hydrogens is 246 g/mol. The molecule has 0 bridgehead atoms. The van der Waals surface area contributed by atoms with Crippen LogP contribution in [-0.4, -0.2) is 11.6 Å². The molecule has 0 amide bonds. The molecule has 0 aliphatic carbocycles. The second kappa shape index (κ2) is 5.66. The third-order valence-corrected chi connectivity index (χ3v) is 2.94. The summed E-state index contributed by atoms with van der Waals surface area (Å²) in [5, 5.41) is 0. The number of nitrogens with two attached hydrogens (primary N) is 1. The van der Waals surface area contributed by atoms with Crippen LogP contribution in [0, 0.1) is 0 Å². The maximum absolute atomic E-state index is 11.6. The van der Waals surface area contributed by atoms with Crippen LogP contribution in [0.1, 0.15) is 48.3 Å². The molecule has 0 aliphatic rings. The Labute approximate surface area is 106 Å². The summed E-state index contributed by atoms with van der Waals surface area (Å²) in [4.78, 5) is 13.2. The molecule has 0 radical (unpaired) electrons. The van der Waals surface area contributed by atoms with Crippen molar-refractivity contribution in [1.82, 2.24) is 0 Å². The van der Waals surface area contributed by atoms with Gasteiger partial charge in [-0.2, -0.15) is 0 Å². The first kappa shape index (κ1) is 15.4. The molecule has 3 nitrogen and oxygen atoms in total. The topological polar surface area (TPSA) is 52.3 Å². The van der Waals surface area contributed by atoms with Crippen LogP contribution in [0.3, 0.4) is 0 Å². The van der Waals surface area contributed by atoms with E-state index in [1.54, 1.807) is 6.07 Å². The molecule has 2 N–H and O–H groups in total. The van der Waals surface area contributed by atoms with Gasteiger partial charge in [0.15, 0.2) is 0 Å². The smallest absolute Gasteiger partial charge is 0.348 e. The lowest BCUT2D eigenvalue weighted by Crippen LogP contribution is -2.23. The van der Waals surface area contributed by atoms with Crippen molar-refractivity contribution in [2.75, 3.05) is 0 Å².